The summed E-state index contributed by atoms with van der Waals surface area (Å²) in [6.07, 6.45) is 9.68. The molecule has 2 rings (SSSR count). The van der Waals surface area contributed by atoms with Crippen molar-refractivity contribution in [2.24, 2.45) is 11.7 Å². The minimum Gasteiger partial charge on any atom is -0.341 e. The molecule has 4 nitrogen and oxygen atoms in total. The first-order valence-electron chi connectivity index (χ1n) is 8.03. The van der Waals surface area contributed by atoms with Gasteiger partial charge in [-0.1, -0.05) is 19.3 Å². The van der Waals surface area contributed by atoms with E-state index in [0.717, 1.165) is 51.4 Å². The molecule has 2 saturated heterocycles. The van der Waals surface area contributed by atoms with Gasteiger partial charge in [-0.2, -0.15) is 0 Å². The van der Waals surface area contributed by atoms with E-state index in [-0.39, 0.29) is 6.04 Å². The van der Waals surface area contributed by atoms with Crippen LogP contribution < -0.4 is 11.1 Å². The second-order valence-corrected chi connectivity index (χ2v) is 6.08. The predicted molar refractivity (Wildman–Crippen MR) is 77.9 cm³/mol. The van der Waals surface area contributed by atoms with Crippen molar-refractivity contribution in [2.45, 2.75) is 57.4 Å². The van der Waals surface area contributed by atoms with Gasteiger partial charge < -0.3 is 16.0 Å². The highest BCUT2D eigenvalue weighted by molar-refractivity contribution is 5.82. The molecule has 0 aliphatic carbocycles. The lowest BCUT2D eigenvalue weighted by molar-refractivity contribution is -0.132. The van der Waals surface area contributed by atoms with Crippen molar-refractivity contribution in [1.29, 1.82) is 0 Å². The van der Waals surface area contributed by atoms with Gasteiger partial charge in [0.2, 0.25) is 5.91 Å². The zero-order valence-corrected chi connectivity index (χ0v) is 12.1. The van der Waals surface area contributed by atoms with Gasteiger partial charge in [0.1, 0.15) is 0 Å². The van der Waals surface area contributed by atoms with E-state index >= 15 is 0 Å². The zero-order chi connectivity index (χ0) is 13.5. The summed E-state index contributed by atoms with van der Waals surface area (Å²) >= 11 is 0. The molecule has 4 heteroatoms. The van der Waals surface area contributed by atoms with Crippen molar-refractivity contribution in [3.63, 3.8) is 0 Å². The van der Waals surface area contributed by atoms with Gasteiger partial charge in [-0.25, -0.2) is 0 Å². The second kappa shape index (κ2) is 7.85. The van der Waals surface area contributed by atoms with Gasteiger partial charge >= 0.3 is 0 Å². The summed E-state index contributed by atoms with van der Waals surface area (Å²) in [5.41, 5.74) is 5.49. The SMILES string of the molecule is NCCCCCCC1CCN(C(=O)C2CCCN2)C1. The molecule has 2 fully saturated rings. The molecule has 2 atom stereocenters. The minimum atomic E-state index is 0.114. The average molecular weight is 267 g/mol. The molecule has 0 aromatic carbocycles. The zero-order valence-electron chi connectivity index (χ0n) is 12.1. The maximum absolute atomic E-state index is 12.3. The molecule has 0 radical (unpaired) electrons. The quantitative estimate of drug-likeness (QED) is 0.687. The van der Waals surface area contributed by atoms with Crippen LogP contribution >= 0.6 is 0 Å². The maximum atomic E-state index is 12.3. The first kappa shape index (κ1) is 14.8. The summed E-state index contributed by atoms with van der Waals surface area (Å²) < 4.78 is 0. The van der Waals surface area contributed by atoms with E-state index in [1.54, 1.807) is 0 Å². The molecule has 0 saturated carbocycles. The average Bonchev–Trinajstić information content (AvgIpc) is 3.09. The summed E-state index contributed by atoms with van der Waals surface area (Å²) in [5.74, 6) is 1.09. The van der Waals surface area contributed by atoms with Crippen molar-refractivity contribution in [3.8, 4) is 0 Å². The van der Waals surface area contributed by atoms with E-state index < -0.39 is 0 Å². The number of nitrogens with one attached hydrogen (secondary N) is 1. The molecule has 0 bridgehead atoms. The van der Waals surface area contributed by atoms with Crippen molar-refractivity contribution < 1.29 is 4.79 Å². The largest absolute Gasteiger partial charge is 0.341 e. The van der Waals surface area contributed by atoms with Gasteiger partial charge in [-0.15, -0.1) is 0 Å². The fourth-order valence-electron chi connectivity index (χ4n) is 3.32. The van der Waals surface area contributed by atoms with Crippen molar-refractivity contribution >= 4 is 5.91 Å². The number of hydrogen-bond donors (Lipinski definition) is 2. The summed E-state index contributed by atoms with van der Waals surface area (Å²) in [6.45, 7) is 3.80. The molecule has 0 spiro atoms. The van der Waals surface area contributed by atoms with Crippen LogP contribution in [0.3, 0.4) is 0 Å². The lowest BCUT2D eigenvalue weighted by Crippen LogP contribution is -2.42. The highest BCUT2D eigenvalue weighted by Crippen LogP contribution is 2.23. The van der Waals surface area contributed by atoms with E-state index in [9.17, 15) is 4.79 Å². The highest BCUT2D eigenvalue weighted by atomic mass is 16.2. The van der Waals surface area contributed by atoms with Gasteiger partial charge in [-0.05, 0) is 51.1 Å². The molecular weight excluding hydrogens is 238 g/mol. The second-order valence-electron chi connectivity index (χ2n) is 6.08. The molecular formula is C15H29N3O. The van der Waals surface area contributed by atoms with Crippen LogP contribution in [0.25, 0.3) is 0 Å². The Kier molecular flexibility index (Phi) is 6.11. The van der Waals surface area contributed by atoms with Crippen LogP contribution in [-0.2, 0) is 4.79 Å². The molecule has 110 valence electrons. The van der Waals surface area contributed by atoms with Gasteiger partial charge in [0.25, 0.3) is 0 Å². The Morgan fingerprint density at radius 1 is 1.21 bits per heavy atom. The van der Waals surface area contributed by atoms with Crippen LogP contribution in [0, 0.1) is 5.92 Å². The number of carbonyl (C=O) groups is 1. The van der Waals surface area contributed by atoms with Gasteiger partial charge in [0.15, 0.2) is 0 Å². The van der Waals surface area contributed by atoms with Gasteiger partial charge in [0.05, 0.1) is 6.04 Å². The number of nitrogens with two attached hydrogens (primary N) is 1. The number of carbonyl (C=O) groups excluding carboxylic acids is 1. The molecule has 2 aliphatic heterocycles. The molecule has 19 heavy (non-hydrogen) atoms. The van der Waals surface area contributed by atoms with E-state index in [1.165, 1.54) is 32.1 Å². The number of unbranched alkanes of at least 4 members (excludes halogenated alkanes) is 3. The van der Waals surface area contributed by atoms with E-state index in [1.807, 2.05) is 0 Å². The van der Waals surface area contributed by atoms with Crippen LogP contribution in [-0.4, -0.2) is 43.0 Å². The Hall–Kier alpha value is -0.610. The van der Waals surface area contributed by atoms with E-state index in [0.29, 0.717) is 5.91 Å². The van der Waals surface area contributed by atoms with Crippen LogP contribution in [0.5, 0.6) is 0 Å². The lowest BCUT2D eigenvalue weighted by atomic mass is 10.00. The molecule has 0 aromatic rings. The molecule has 3 N–H and O–H groups in total. The number of amides is 1. The standard InChI is InChI=1S/C15H29N3O/c16-9-4-2-1-3-6-13-8-11-18(12-13)15(19)14-7-5-10-17-14/h13-14,17H,1-12,16H2. The van der Waals surface area contributed by atoms with Crippen molar-refractivity contribution in [3.05, 3.63) is 0 Å². The predicted octanol–water partition coefficient (Wildman–Crippen LogP) is 1.50. The first-order chi connectivity index (χ1) is 9.31. The fraction of sp³-hybridized carbons (Fsp3) is 0.933. The fourth-order valence-corrected chi connectivity index (χ4v) is 3.32. The van der Waals surface area contributed by atoms with E-state index in [4.69, 9.17) is 5.73 Å². The first-order valence-corrected chi connectivity index (χ1v) is 8.03. The lowest BCUT2D eigenvalue weighted by Gasteiger charge is -2.20. The van der Waals surface area contributed by atoms with Crippen LogP contribution in [0.2, 0.25) is 0 Å². The Morgan fingerprint density at radius 2 is 2.05 bits per heavy atom. The number of hydrogen-bond acceptors (Lipinski definition) is 3. The van der Waals surface area contributed by atoms with Gasteiger partial charge in [0, 0.05) is 13.1 Å². The molecule has 2 aliphatic rings. The Bertz CT molecular complexity index is 277. The van der Waals surface area contributed by atoms with Crippen LogP contribution in [0.15, 0.2) is 0 Å². The topological polar surface area (TPSA) is 58.4 Å². The van der Waals surface area contributed by atoms with Crippen LogP contribution in [0.4, 0.5) is 0 Å². The monoisotopic (exact) mass is 267 g/mol. The van der Waals surface area contributed by atoms with Gasteiger partial charge in [-0.3, -0.25) is 4.79 Å². The number of rotatable bonds is 7. The normalized spacial score (nSPS) is 27.1. The summed E-state index contributed by atoms with van der Waals surface area (Å²) in [7, 11) is 0. The third kappa shape index (κ3) is 4.46. The van der Waals surface area contributed by atoms with Crippen molar-refractivity contribution in [1.82, 2.24) is 10.2 Å². The molecule has 2 unspecified atom stereocenters. The molecule has 1 amide bonds. The Balaban J connectivity index is 1.61. The summed E-state index contributed by atoms with van der Waals surface area (Å²) in [5, 5.41) is 3.31. The third-order valence-corrected chi connectivity index (χ3v) is 4.52. The number of likely N-dealkylation sites (tertiary alicyclic amines) is 1. The Labute approximate surface area is 117 Å². The smallest absolute Gasteiger partial charge is 0.239 e. The minimum absolute atomic E-state index is 0.114. The number of nitrogens with zero attached hydrogens (tertiary/aromatic N) is 1. The molecule has 0 aromatic heterocycles. The Morgan fingerprint density at radius 3 is 2.79 bits per heavy atom. The van der Waals surface area contributed by atoms with Crippen LogP contribution in [0.1, 0.15) is 51.4 Å². The van der Waals surface area contributed by atoms with E-state index in [2.05, 4.69) is 10.2 Å². The molecule has 2 heterocycles. The van der Waals surface area contributed by atoms with Crippen molar-refractivity contribution in [2.75, 3.05) is 26.2 Å². The summed E-state index contributed by atoms with van der Waals surface area (Å²) in [6, 6.07) is 0.114. The maximum Gasteiger partial charge on any atom is 0.239 e. The highest BCUT2D eigenvalue weighted by Gasteiger charge is 2.31. The summed E-state index contributed by atoms with van der Waals surface area (Å²) in [4.78, 5) is 14.3. The third-order valence-electron chi connectivity index (χ3n) is 4.52.